The van der Waals surface area contributed by atoms with Crippen molar-refractivity contribution >= 4 is 11.6 Å². The summed E-state index contributed by atoms with van der Waals surface area (Å²) >= 11 is 0. The van der Waals surface area contributed by atoms with E-state index in [9.17, 15) is 9.90 Å². The van der Waals surface area contributed by atoms with Gasteiger partial charge in [-0.2, -0.15) is 0 Å². The van der Waals surface area contributed by atoms with Crippen molar-refractivity contribution in [1.82, 2.24) is 10.2 Å². The predicted molar refractivity (Wildman–Crippen MR) is 139 cm³/mol. The van der Waals surface area contributed by atoms with Gasteiger partial charge in [0.1, 0.15) is 5.75 Å². The molecule has 1 aliphatic heterocycles. The average molecular weight is 472 g/mol. The van der Waals surface area contributed by atoms with Crippen molar-refractivity contribution < 1.29 is 14.6 Å². The fourth-order valence-electron chi connectivity index (χ4n) is 5.14. The average Bonchev–Trinajstić information content (AvgIpc) is 3.28. The molecule has 1 amide bonds. The predicted octanol–water partition coefficient (Wildman–Crippen LogP) is 3.57. The number of fused-ring (bicyclic) bond motifs is 3. The monoisotopic (exact) mass is 471 g/mol. The van der Waals surface area contributed by atoms with Crippen molar-refractivity contribution in [3.8, 4) is 16.9 Å². The first-order valence-electron chi connectivity index (χ1n) is 12.4. The summed E-state index contributed by atoms with van der Waals surface area (Å²) in [5, 5.41) is 13.4. The van der Waals surface area contributed by atoms with Gasteiger partial charge in [0.05, 0.1) is 18.9 Å². The molecule has 6 heteroatoms. The van der Waals surface area contributed by atoms with E-state index in [0.717, 1.165) is 50.6 Å². The number of aliphatic hydroxyl groups excluding tert-OH is 1. The molecule has 2 N–H and O–H groups in total. The standard InChI is InChI=1S/C29H33N3O3/c1-35-28-9-5-4-8-27(28)32-16-14-31(15-17-32)13-12-24(33)20-30-29(34)22-10-11-26-23(19-22)18-21-6-2-3-7-25(21)26/h2-11,19,24,33H,12-18,20H2,1H3,(H,30,34). The molecule has 0 saturated carbocycles. The fourth-order valence-corrected chi connectivity index (χ4v) is 5.14. The molecular formula is C29H33N3O3. The van der Waals surface area contributed by atoms with E-state index in [2.05, 4.69) is 45.4 Å². The van der Waals surface area contributed by atoms with Crippen molar-refractivity contribution in [2.24, 2.45) is 0 Å². The van der Waals surface area contributed by atoms with Crippen LogP contribution in [0.15, 0.2) is 66.7 Å². The topological polar surface area (TPSA) is 65.0 Å². The molecule has 5 rings (SSSR count). The number of rotatable bonds is 8. The molecule has 35 heavy (non-hydrogen) atoms. The minimum atomic E-state index is -0.565. The number of methoxy groups -OCH3 is 1. The van der Waals surface area contributed by atoms with E-state index in [-0.39, 0.29) is 12.5 Å². The van der Waals surface area contributed by atoms with Gasteiger partial charge in [-0.15, -0.1) is 0 Å². The quantitative estimate of drug-likeness (QED) is 0.411. The van der Waals surface area contributed by atoms with Crippen molar-refractivity contribution in [2.45, 2.75) is 18.9 Å². The lowest BCUT2D eigenvalue weighted by Gasteiger charge is -2.36. The smallest absolute Gasteiger partial charge is 0.251 e. The maximum atomic E-state index is 12.7. The lowest BCUT2D eigenvalue weighted by Crippen LogP contribution is -2.47. The van der Waals surface area contributed by atoms with Crippen LogP contribution in [0.2, 0.25) is 0 Å². The number of carbonyl (C=O) groups is 1. The van der Waals surface area contributed by atoms with E-state index in [1.165, 1.54) is 22.3 Å². The number of para-hydroxylation sites is 2. The Bertz CT molecular complexity index is 1190. The largest absolute Gasteiger partial charge is 0.495 e. The van der Waals surface area contributed by atoms with Crippen LogP contribution >= 0.6 is 0 Å². The summed E-state index contributed by atoms with van der Waals surface area (Å²) in [5.74, 6) is 0.772. The van der Waals surface area contributed by atoms with Gasteiger partial charge in [0.25, 0.3) is 5.91 Å². The molecule has 0 bridgehead atoms. The van der Waals surface area contributed by atoms with Gasteiger partial charge < -0.3 is 20.1 Å². The summed E-state index contributed by atoms with van der Waals surface area (Å²) < 4.78 is 5.50. The number of carbonyl (C=O) groups excluding carboxylic acids is 1. The molecule has 1 heterocycles. The van der Waals surface area contributed by atoms with Crippen LogP contribution in [0.4, 0.5) is 5.69 Å². The van der Waals surface area contributed by atoms with Crippen molar-refractivity contribution in [3.05, 3.63) is 83.4 Å². The third-order valence-corrected chi connectivity index (χ3v) is 7.13. The van der Waals surface area contributed by atoms with E-state index in [4.69, 9.17) is 4.74 Å². The molecule has 1 unspecified atom stereocenters. The van der Waals surface area contributed by atoms with Crippen LogP contribution in [0.3, 0.4) is 0 Å². The van der Waals surface area contributed by atoms with Crippen LogP contribution in [0.1, 0.15) is 27.9 Å². The Balaban J connectivity index is 1.06. The van der Waals surface area contributed by atoms with E-state index in [1.54, 1.807) is 7.11 Å². The molecule has 0 spiro atoms. The Kier molecular flexibility index (Phi) is 7.02. The molecule has 3 aromatic carbocycles. The van der Waals surface area contributed by atoms with Crippen LogP contribution in [0.5, 0.6) is 5.75 Å². The number of amides is 1. The zero-order valence-electron chi connectivity index (χ0n) is 20.2. The van der Waals surface area contributed by atoms with Gasteiger partial charge in [0, 0.05) is 44.8 Å². The number of aliphatic hydroxyl groups is 1. The van der Waals surface area contributed by atoms with Crippen molar-refractivity contribution in [3.63, 3.8) is 0 Å². The van der Waals surface area contributed by atoms with E-state index in [0.29, 0.717) is 12.0 Å². The highest BCUT2D eigenvalue weighted by molar-refractivity contribution is 5.95. The molecule has 3 aromatic rings. The van der Waals surface area contributed by atoms with Crippen LogP contribution in [0.25, 0.3) is 11.1 Å². The van der Waals surface area contributed by atoms with Gasteiger partial charge in [0.2, 0.25) is 0 Å². The molecule has 1 fully saturated rings. The molecule has 2 aliphatic rings. The van der Waals surface area contributed by atoms with E-state index in [1.807, 2.05) is 36.4 Å². The lowest BCUT2D eigenvalue weighted by molar-refractivity contribution is 0.0897. The second-order valence-corrected chi connectivity index (χ2v) is 9.36. The number of nitrogens with zero attached hydrogens (tertiary/aromatic N) is 2. The number of anilines is 1. The summed E-state index contributed by atoms with van der Waals surface area (Å²) in [6.45, 7) is 4.80. The second kappa shape index (κ2) is 10.5. The Labute approximate surface area is 207 Å². The highest BCUT2D eigenvalue weighted by Gasteiger charge is 2.21. The highest BCUT2D eigenvalue weighted by Crippen LogP contribution is 2.36. The first-order chi connectivity index (χ1) is 17.1. The summed E-state index contributed by atoms with van der Waals surface area (Å²) in [6.07, 6.45) is 0.929. The minimum Gasteiger partial charge on any atom is -0.495 e. The summed E-state index contributed by atoms with van der Waals surface area (Å²) in [7, 11) is 1.71. The Hall–Kier alpha value is -3.35. The van der Waals surface area contributed by atoms with Crippen molar-refractivity contribution in [2.75, 3.05) is 51.3 Å². The van der Waals surface area contributed by atoms with Gasteiger partial charge in [-0.25, -0.2) is 0 Å². The summed E-state index contributed by atoms with van der Waals surface area (Å²) in [4.78, 5) is 17.4. The molecule has 1 aliphatic carbocycles. The molecule has 1 saturated heterocycles. The lowest BCUT2D eigenvalue weighted by atomic mass is 10.0. The molecule has 0 aromatic heterocycles. The van der Waals surface area contributed by atoms with Crippen LogP contribution < -0.4 is 15.0 Å². The third kappa shape index (κ3) is 5.19. The zero-order valence-corrected chi connectivity index (χ0v) is 20.2. The van der Waals surface area contributed by atoms with Crippen LogP contribution in [-0.2, 0) is 6.42 Å². The Morgan fingerprint density at radius 3 is 2.54 bits per heavy atom. The van der Waals surface area contributed by atoms with E-state index < -0.39 is 6.10 Å². The summed E-state index contributed by atoms with van der Waals surface area (Å²) in [5.41, 5.74) is 6.74. The van der Waals surface area contributed by atoms with Crippen molar-refractivity contribution in [1.29, 1.82) is 0 Å². The van der Waals surface area contributed by atoms with Crippen LogP contribution in [-0.4, -0.2) is 68.4 Å². The fraction of sp³-hybridized carbons (Fsp3) is 0.345. The minimum absolute atomic E-state index is 0.131. The molecule has 182 valence electrons. The first kappa shape index (κ1) is 23.4. The van der Waals surface area contributed by atoms with Gasteiger partial charge in [0.15, 0.2) is 0 Å². The maximum absolute atomic E-state index is 12.7. The van der Waals surface area contributed by atoms with Gasteiger partial charge in [-0.3, -0.25) is 9.69 Å². The Morgan fingerprint density at radius 2 is 1.71 bits per heavy atom. The van der Waals surface area contributed by atoms with E-state index >= 15 is 0 Å². The molecular weight excluding hydrogens is 438 g/mol. The van der Waals surface area contributed by atoms with Crippen LogP contribution in [0, 0.1) is 0 Å². The normalized spacial score (nSPS) is 15.9. The molecule has 1 atom stereocenters. The number of hydrogen-bond donors (Lipinski definition) is 2. The number of nitrogens with one attached hydrogen (secondary N) is 1. The zero-order chi connectivity index (χ0) is 24.2. The van der Waals surface area contributed by atoms with Gasteiger partial charge in [-0.1, -0.05) is 42.5 Å². The van der Waals surface area contributed by atoms with Gasteiger partial charge >= 0.3 is 0 Å². The third-order valence-electron chi connectivity index (χ3n) is 7.13. The second-order valence-electron chi connectivity index (χ2n) is 9.36. The highest BCUT2D eigenvalue weighted by atomic mass is 16.5. The molecule has 0 radical (unpaired) electrons. The molecule has 6 nitrogen and oxygen atoms in total. The SMILES string of the molecule is COc1ccccc1N1CCN(CCC(O)CNC(=O)c2ccc3c(c2)Cc2ccccc2-3)CC1. The number of hydrogen-bond acceptors (Lipinski definition) is 5. The summed E-state index contributed by atoms with van der Waals surface area (Å²) in [6, 6.07) is 22.4. The van der Waals surface area contributed by atoms with Gasteiger partial charge in [-0.05, 0) is 59.4 Å². The first-order valence-corrected chi connectivity index (χ1v) is 12.4. The number of ether oxygens (including phenoxy) is 1. The number of piperazine rings is 1. The maximum Gasteiger partial charge on any atom is 0.251 e. The number of benzene rings is 3. The Morgan fingerprint density at radius 1 is 0.971 bits per heavy atom.